The zero-order valence-electron chi connectivity index (χ0n) is 13.6. The van der Waals surface area contributed by atoms with Crippen LogP contribution >= 0.6 is 0 Å². The van der Waals surface area contributed by atoms with Gasteiger partial charge >= 0.3 is 0 Å². The number of rotatable bonds is 4. The second-order valence-corrected chi connectivity index (χ2v) is 6.27. The van der Waals surface area contributed by atoms with Crippen LogP contribution in [0.3, 0.4) is 0 Å². The third kappa shape index (κ3) is 3.85. The Balaban J connectivity index is 2.17. The predicted octanol–water partition coefficient (Wildman–Crippen LogP) is 4.89. The van der Waals surface area contributed by atoms with E-state index in [-0.39, 0.29) is 11.2 Å². The number of allylic oxidation sites excluding steroid dienone is 1. The van der Waals surface area contributed by atoms with E-state index in [1.807, 2.05) is 48.5 Å². The molecule has 0 aromatic heterocycles. The molecular formula is C20H22O2. The van der Waals surface area contributed by atoms with Gasteiger partial charge in [0, 0.05) is 11.1 Å². The molecule has 0 saturated heterocycles. The molecule has 0 atom stereocenters. The van der Waals surface area contributed by atoms with Gasteiger partial charge in [0.1, 0.15) is 5.75 Å². The average Bonchev–Trinajstić information content (AvgIpc) is 2.52. The van der Waals surface area contributed by atoms with Crippen LogP contribution in [-0.2, 0) is 5.41 Å². The summed E-state index contributed by atoms with van der Waals surface area (Å²) in [7, 11) is 1.62. The summed E-state index contributed by atoms with van der Waals surface area (Å²) in [6.45, 7) is 6.47. The number of ether oxygens (including phenoxy) is 1. The fraction of sp³-hybridized carbons (Fsp3) is 0.250. The van der Waals surface area contributed by atoms with E-state index in [1.54, 1.807) is 19.3 Å². The Kier molecular flexibility index (Phi) is 4.81. The van der Waals surface area contributed by atoms with Crippen LogP contribution in [0.15, 0.2) is 54.6 Å². The van der Waals surface area contributed by atoms with Crippen molar-refractivity contribution in [3.63, 3.8) is 0 Å². The lowest BCUT2D eigenvalue weighted by molar-refractivity contribution is 0.104. The van der Waals surface area contributed by atoms with Crippen molar-refractivity contribution in [1.29, 1.82) is 0 Å². The van der Waals surface area contributed by atoms with Gasteiger partial charge in [-0.1, -0.05) is 63.2 Å². The highest BCUT2D eigenvalue weighted by molar-refractivity contribution is 6.06. The Hall–Kier alpha value is -2.35. The Morgan fingerprint density at radius 2 is 1.64 bits per heavy atom. The van der Waals surface area contributed by atoms with Crippen molar-refractivity contribution in [2.75, 3.05) is 7.11 Å². The molecule has 0 heterocycles. The molecule has 0 saturated carbocycles. The SMILES string of the molecule is COc1ccccc1/C=C/C(=O)c1ccc(C(C)(C)C)cc1. The normalized spacial score (nSPS) is 11.6. The molecule has 114 valence electrons. The molecule has 0 spiro atoms. The molecule has 0 fully saturated rings. The van der Waals surface area contributed by atoms with Gasteiger partial charge in [-0.25, -0.2) is 0 Å². The van der Waals surface area contributed by atoms with E-state index in [9.17, 15) is 4.79 Å². The van der Waals surface area contributed by atoms with Crippen molar-refractivity contribution in [3.05, 3.63) is 71.3 Å². The van der Waals surface area contributed by atoms with Crippen LogP contribution in [0.4, 0.5) is 0 Å². The summed E-state index contributed by atoms with van der Waals surface area (Å²) in [5.41, 5.74) is 2.90. The van der Waals surface area contributed by atoms with Crippen molar-refractivity contribution in [3.8, 4) is 5.75 Å². The standard InChI is InChI=1S/C20H22O2/c1-20(2,3)17-12-9-15(10-13-17)18(21)14-11-16-7-5-6-8-19(16)22-4/h5-14H,1-4H3/b14-11+. The zero-order valence-corrected chi connectivity index (χ0v) is 13.6. The van der Waals surface area contributed by atoms with Crippen molar-refractivity contribution >= 4 is 11.9 Å². The molecule has 0 N–H and O–H groups in total. The predicted molar refractivity (Wildman–Crippen MR) is 91.5 cm³/mol. The first-order valence-corrected chi connectivity index (χ1v) is 7.38. The van der Waals surface area contributed by atoms with Crippen LogP contribution < -0.4 is 4.74 Å². The van der Waals surface area contributed by atoms with Gasteiger partial charge in [0.2, 0.25) is 0 Å². The van der Waals surface area contributed by atoms with E-state index in [2.05, 4.69) is 20.8 Å². The van der Waals surface area contributed by atoms with Crippen molar-refractivity contribution in [2.45, 2.75) is 26.2 Å². The lowest BCUT2D eigenvalue weighted by Crippen LogP contribution is -2.11. The molecule has 0 radical (unpaired) electrons. The van der Waals surface area contributed by atoms with Crippen molar-refractivity contribution in [2.24, 2.45) is 0 Å². The Morgan fingerprint density at radius 3 is 2.23 bits per heavy atom. The third-order valence-electron chi connectivity index (χ3n) is 3.59. The first kappa shape index (κ1) is 16.0. The molecule has 2 rings (SSSR count). The molecule has 0 bridgehead atoms. The van der Waals surface area contributed by atoms with E-state index in [0.29, 0.717) is 5.56 Å². The minimum absolute atomic E-state index is 0.00800. The van der Waals surface area contributed by atoms with Crippen LogP contribution in [-0.4, -0.2) is 12.9 Å². The first-order chi connectivity index (χ1) is 10.4. The van der Waals surface area contributed by atoms with Crippen LogP contribution in [0.1, 0.15) is 42.3 Å². The minimum Gasteiger partial charge on any atom is -0.496 e. The Bertz CT molecular complexity index is 674. The molecule has 0 aliphatic rings. The van der Waals surface area contributed by atoms with E-state index >= 15 is 0 Å². The van der Waals surface area contributed by atoms with Gasteiger partial charge in [0.05, 0.1) is 7.11 Å². The molecule has 2 heteroatoms. The Labute approximate surface area is 132 Å². The molecule has 2 aromatic carbocycles. The zero-order chi connectivity index (χ0) is 16.2. The smallest absolute Gasteiger partial charge is 0.185 e. The average molecular weight is 294 g/mol. The largest absolute Gasteiger partial charge is 0.496 e. The van der Waals surface area contributed by atoms with Crippen molar-refractivity contribution in [1.82, 2.24) is 0 Å². The third-order valence-corrected chi connectivity index (χ3v) is 3.59. The lowest BCUT2D eigenvalue weighted by Gasteiger charge is -2.18. The number of hydrogen-bond acceptors (Lipinski definition) is 2. The number of ketones is 1. The number of carbonyl (C=O) groups is 1. The molecule has 22 heavy (non-hydrogen) atoms. The monoisotopic (exact) mass is 294 g/mol. The van der Waals surface area contributed by atoms with E-state index < -0.39 is 0 Å². The number of methoxy groups -OCH3 is 1. The van der Waals surface area contributed by atoms with E-state index in [0.717, 1.165) is 11.3 Å². The van der Waals surface area contributed by atoms with Crippen molar-refractivity contribution < 1.29 is 9.53 Å². The summed E-state index contributed by atoms with van der Waals surface area (Å²) in [5.74, 6) is 0.751. The second kappa shape index (κ2) is 6.61. The van der Waals surface area contributed by atoms with E-state index in [4.69, 9.17) is 4.74 Å². The molecular weight excluding hydrogens is 272 g/mol. The maximum Gasteiger partial charge on any atom is 0.185 e. The minimum atomic E-state index is -0.00800. The highest BCUT2D eigenvalue weighted by atomic mass is 16.5. The second-order valence-electron chi connectivity index (χ2n) is 6.27. The van der Waals surface area contributed by atoms with Gasteiger partial charge in [-0.2, -0.15) is 0 Å². The van der Waals surface area contributed by atoms with Crippen LogP contribution in [0.5, 0.6) is 5.75 Å². The molecule has 0 unspecified atom stereocenters. The fourth-order valence-corrected chi connectivity index (χ4v) is 2.20. The summed E-state index contributed by atoms with van der Waals surface area (Å²) < 4.78 is 5.27. The lowest BCUT2D eigenvalue weighted by atomic mass is 9.86. The van der Waals surface area contributed by atoms with Gasteiger partial charge in [0.15, 0.2) is 5.78 Å². The summed E-state index contributed by atoms with van der Waals surface area (Å²) in [4.78, 5) is 12.3. The molecule has 0 aliphatic heterocycles. The summed E-state index contributed by atoms with van der Waals surface area (Å²) >= 11 is 0. The topological polar surface area (TPSA) is 26.3 Å². The van der Waals surface area contributed by atoms with Gasteiger partial charge in [-0.15, -0.1) is 0 Å². The van der Waals surface area contributed by atoms with Crippen LogP contribution in [0.25, 0.3) is 6.08 Å². The maximum atomic E-state index is 12.3. The number of carbonyl (C=O) groups excluding carboxylic acids is 1. The highest BCUT2D eigenvalue weighted by Crippen LogP contribution is 2.23. The fourth-order valence-electron chi connectivity index (χ4n) is 2.20. The van der Waals surface area contributed by atoms with Gasteiger partial charge in [-0.05, 0) is 29.2 Å². The molecule has 0 aliphatic carbocycles. The van der Waals surface area contributed by atoms with Gasteiger partial charge < -0.3 is 4.74 Å². The Morgan fingerprint density at radius 1 is 1.00 bits per heavy atom. The number of benzene rings is 2. The highest BCUT2D eigenvalue weighted by Gasteiger charge is 2.13. The molecule has 2 aromatic rings. The van der Waals surface area contributed by atoms with Crippen LogP contribution in [0.2, 0.25) is 0 Å². The molecule has 2 nitrogen and oxygen atoms in total. The summed E-state index contributed by atoms with van der Waals surface area (Å²) in [6.07, 6.45) is 3.38. The molecule has 0 amide bonds. The number of hydrogen-bond donors (Lipinski definition) is 0. The number of para-hydroxylation sites is 1. The first-order valence-electron chi connectivity index (χ1n) is 7.38. The summed E-state index contributed by atoms with van der Waals surface area (Å²) in [6, 6.07) is 15.4. The summed E-state index contributed by atoms with van der Waals surface area (Å²) in [5, 5.41) is 0. The van der Waals surface area contributed by atoms with E-state index in [1.165, 1.54) is 5.56 Å². The van der Waals surface area contributed by atoms with Gasteiger partial charge in [0.25, 0.3) is 0 Å². The van der Waals surface area contributed by atoms with Gasteiger partial charge in [-0.3, -0.25) is 4.79 Å². The maximum absolute atomic E-state index is 12.3. The van der Waals surface area contributed by atoms with Crippen LogP contribution in [0, 0.1) is 0 Å². The quantitative estimate of drug-likeness (QED) is 0.593.